The van der Waals surface area contributed by atoms with E-state index in [2.05, 4.69) is 5.10 Å². The average Bonchev–Trinajstić information content (AvgIpc) is 3.26. The quantitative estimate of drug-likeness (QED) is 0.650. The van der Waals surface area contributed by atoms with Gasteiger partial charge in [-0.3, -0.25) is 9.59 Å². The third-order valence-electron chi connectivity index (χ3n) is 5.72. The maximum Gasteiger partial charge on any atom is 0.274 e. The number of ether oxygens (including phenoxy) is 2. The van der Waals surface area contributed by atoms with Crippen LogP contribution in [0.25, 0.3) is 10.8 Å². The van der Waals surface area contributed by atoms with Gasteiger partial charge in [-0.2, -0.15) is 5.10 Å². The topological polar surface area (TPSA) is 73.7 Å². The molecular formula is C23H25N3O4. The molecule has 7 heteroatoms. The number of rotatable bonds is 5. The van der Waals surface area contributed by atoms with Crippen molar-refractivity contribution >= 4 is 16.7 Å². The molecule has 1 aromatic heterocycles. The van der Waals surface area contributed by atoms with Gasteiger partial charge in [-0.25, -0.2) is 4.68 Å². The van der Waals surface area contributed by atoms with Crippen molar-refractivity contribution in [1.29, 1.82) is 0 Å². The number of hydrogen-bond donors (Lipinski definition) is 0. The highest BCUT2D eigenvalue weighted by Crippen LogP contribution is 2.39. The van der Waals surface area contributed by atoms with Crippen LogP contribution in [-0.2, 0) is 18.3 Å². The molecular weight excluding hydrogens is 382 g/mol. The molecule has 0 spiro atoms. The molecule has 0 saturated carbocycles. The van der Waals surface area contributed by atoms with Gasteiger partial charge in [0, 0.05) is 24.5 Å². The predicted molar refractivity (Wildman–Crippen MR) is 114 cm³/mol. The van der Waals surface area contributed by atoms with E-state index in [1.165, 1.54) is 4.68 Å². The molecule has 1 fully saturated rings. The zero-order chi connectivity index (χ0) is 21.3. The van der Waals surface area contributed by atoms with E-state index in [0.717, 1.165) is 35.3 Å². The number of nitrogens with zero attached hydrogens (tertiary/aromatic N) is 3. The molecule has 0 N–H and O–H groups in total. The molecule has 7 nitrogen and oxygen atoms in total. The molecule has 2 heterocycles. The van der Waals surface area contributed by atoms with Crippen molar-refractivity contribution in [3.8, 4) is 11.5 Å². The van der Waals surface area contributed by atoms with Gasteiger partial charge >= 0.3 is 0 Å². The third-order valence-corrected chi connectivity index (χ3v) is 5.72. The second-order valence-electron chi connectivity index (χ2n) is 7.45. The van der Waals surface area contributed by atoms with E-state index >= 15 is 0 Å². The van der Waals surface area contributed by atoms with Crippen LogP contribution in [0.4, 0.5) is 0 Å². The Morgan fingerprint density at radius 1 is 1.13 bits per heavy atom. The van der Waals surface area contributed by atoms with Crippen LogP contribution >= 0.6 is 0 Å². The molecule has 1 saturated heterocycles. The van der Waals surface area contributed by atoms with Crippen molar-refractivity contribution in [3.05, 3.63) is 64.1 Å². The van der Waals surface area contributed by atoms with Crippen LogP contribution in [0.1, 0.15) is 30.1 Å². The SMILES string of the molecule is COc1ccc(OC)c(C2CCCN2C(=O)Cc2nn(C)c(=O)c3ccccc23)c1. The van der Waals surface area contributed by atoms with Crippen molar-refractivity contribution in [2.24, 2.45) is 7.05 Å². The Morgan fingerprint density at radius 2 is 1.90 bits per heavy atom. The Balaban J connectivity index is 1.67. The Bertz CT molecular complexity index is 1150. The summed E-state index contributed by atoms with van der Waals surface area (Å²) in [6.45, 7) is 0.674. The summed E-state index contributed by atoms with van der Waals surface area (Å²) in [5, 5.41) is 5.68. The van der Waals surface area contributed by atoms with Gasteiger partial charge in [0.1, 0.15) is 11.5 Å². The second kappa shape index (κ2) is 8.18. The number of fused-ring (bicyclic) bond motifs is 1. The van der Waals surface area contributed by atoms with E-state index in [-0.39, 0.29) is 23.9 Å². The van der Waals surface area contributed by atoms with Crippen LogP contribution < -0.4 is 15.0 Å². The molecule has 0 aliphatic carbocycles. The molecule has 0 radical (unpaired) electrons. The van der Waals surface area contributed by atoms with E-state index in [0.29, 0.717) is 17.6 Å². The Labute approximate surface area is 174 Å². The standard InChI is InChI=1S/C23H25N3O4/c1-25-23(28)17-8-5-4-7-16(17)19(24-25)14-22(27)26-12-6-9-20(26)18-13-15(29-2)10-11-21(18)30-3/h4-5,7-8,10-11,13,20H,6,9,12,14H2,1-3H3. The first kappa shape index (κ1) is 19.9. The first-order valence-corrected chi connectivity index (χ1v) is 9.99. The maximum absolute atomic E-state index is 13.3. The van der Waals surface area contributed by atoms with Crippen LogP contribution in [-0.4, -0.2) is 41.4 Å². The van der Waals surface area contributed by atoms with E-state index < -0.39 is 0 Å². The summed E-state index contributed by atoms with van der Waals surface area (Å²) in [4.78, 5) is 27.6. The van der Waals surface area contributed by atoms with Gasteiger partial charge in [0.25, 0.3) is 5.56 Å². The van der Waals surface area contributed by atoms with Crippen molar-refractivity contribution in [2.45, 2.75) is 25.3 Å². The highest BCUT2D eigenvalue weighted by Gasteiger charge is 2.32. The largest absolute Gasteiger partial charge is 0.497 e. The fraction of sp³-hybridized carbons (Fsp3) is 0.348. The molecule has 30 heavy (non-hydrogen) atoms. The number of benzene rings is 2. The van der Waals surface area contributed by atoms with Gasteiger partial charge in [-0.05, 0) is 37.1 Å². The second-order valence-corrected chi connectivity index (χ2v) is 7.45. The van der Waals surface area contributed by atoms with E-state index in [1.54, 1.807) is 27.3 Å². The van der Waals surface area contributed by atoms with Crippen LogP contribution in [0.2, 0.25) is 0 Å². The van der Waals surface area contributed by atoms with Gasteiger partial charge in [0.2, 0.25) is 5.91 Å². The fourth-order valence-electron chi connectivity index (χ4n) is 4.24. The summed E-state index contributed by atoms with van der Waals surface area (Å²) >= 11 is 0. The van der Waals surface area contributed by atoms with E-state index in [4.69, 9.17) is 9.47 Å². The van der Waals surface area contributed by atoms with Crippen molar-refractivity contribution < 1.29 is 14.3 Å². The zero-order valence-electron chi connectivity index (χ0n) is 17.4. The summed E-state index contributed by atoms with van der Waals surface area (Å²) < 4.78 is 12.2. The lowest BCUT2D eigenvalue weighted by Crippen LogP contribution is -2.33. The summed E-state index contributed by atoms with van der Waals surface area (Å²) in [5.74, 6) is 1.46. The normalized spacial score (nSPS) is 16.1. The summed E-state index contributed by atoms with van der Waals surface area (Å²) in [5.41, 5.74) is 1.39. The Morgan fingerprint density at radius 3 is 2.63 bits per heavy atom. The average molecular weight is 407 g/mol. The monoisotopic (exact) mass is 407 g/mol. The number of likely N-dealkylation sites (tertiary alicyclic amines) is 1. The van der Waals surface area contributed by atoms with Crippen molar-refractivity contribution in [3.63, 3.8) is 0 Å². The van der Waals surface area contributed by atoms with Crippen molar-refractivity contribution in [1.82, 2.24) is 14.7 Å². The number of hydrogen-bond acceptors (Lipinski definition) is 5. The number of aryl methyl sites for hydroxylation is 1. The summed E-state index contributed by atoms with van der Waals surface area (Å²) in [6, 6.07) is 12.9. The number of amides is 1. The highest BCUT2D eigenvalue weighted by molar-refractivity contribution is 5.88. The van der Waals surface area contributed by atoms with Gasteiger partial charge < -0.3 is 14.4 Å². The summed E-state index contributed by atoms with van der Waals surface area (Å²) in [6.07, 6.45) is 1.91. The lowest BCUT2D eigenvalue weighted by molar-refractivity contribution is -0.131. The first-order chi connectivity index (χ1) is 14.5. The molecule has 1 amide bonds. The lowest BCUT2D eigenvalue weighted by Gasteiger charge is -2.27. The van der Waals surface area contributed by atoms with Gasteiger partial charge in [-0.1, -0.05) is 18.2 Å². The lowest BCUT2D eigenvalue weighted by atomic mass is 10.0. The van der Waals surface area contributed by atoms with Gasteiger partial charge in [-0.15, -0.1) is 0 Å². The Kier molecular flexibility index (Phi) is 5.44. The fourth-order valence-corrected chi connectivity index (χ4v) is 4.24. The minimum atomic E-state index is -0.165. The van der Waals surface area contributed by atoms with Gasteiger partial charge in [0.05, 0.1) is 37.8 Å². The number of methoxy groups -OCH3 is 2. The molecule has 0 bridgehead atoms. The molecule has 1 aliphatic rings. The molecule has 2 aromatic carbocycles. The molecule has 156 valence electrons. The van der Waals surface area contributed by atoms with E-state index in [1.807, 2.05) is 41.3 Å². The van der Waals surface area contributed by atoms with Crippen molar-refractivity contribution in [2.75, 3.05) is 20.8 Å². The first-order valence-electron chi connectivity index (χ1n) is 9.99. The number of carbonyl (C=O) groups is 1. The van der Waals surface area contributed by atoms with Crippen LogP contribution in [0.3, 0.4) is 0 Å². The predicted octanol–water partition coefficient (Wildman–Crippen LogP) is 2.86. The summed E-state index contributed by atoms with van der Waals surface area (Å²) in [7, 11) is 4.87. The molecule has 1 aliphatic heterocycles. The minimum absolute atomic E-state index is 0.0151. The van der Waals surface area contributed by atoms with Crippen LogP contribution in [0.5, 0.6) is 11.5 Å². The molecule has 3 aromatic rings. The van der Waals surface area contributed by atoms with Crippen LogP contribution in [0, 0.1) is 0 Å². The van der Waals surface area contributed by atoms with Crippen LogP contribution in [0.15, 0.2) is 47.3 Å². The zero-order valence-corrected chi connectivity index (χ0v) is 17.4. The Hall–Kier alpha value is -3.35. The smallest absolute Gasteiger partial charge is 0.274 e. The maximum atomic E-state index is 13.3. The minimum Gasteiger partial charge on any atom is -0.497 e. The number of carbonyl (C=O) groups excluding carboxylic acids is 1. The third kappa shape index (κ3) is 3.51. The molecule has 1 unspecified atom stereocenters. The number of aromatic nitrogens is 2. The highest BCUT2D eigenvalue weighted by atomic mass is 16.5. The molecule has 1 atom stereocenters. The van der Waals surface area contributed by atoms with Gasteiger partial charge in [0.15, 0.2) is 0 Å². The molecule has 4 rings (SSSR count). The van der Waals surface area contributed by atoms with E-state index in [9.17, 15) is 9.59 Å².